The number of nitrogens with zero attached hydrogens (tertiary/aromatic N) is 4. The first-order valence-corrected chi connectivity index (χ1v) is 8.69. The molecule has 0 radical (unpaired) electrons. The van der Waals surface area contributed by atoms with E-state index in [0.29, 0.717) is 18.5 Å². The molecule has 27 heavy (non-hydrogen) atoms. The van der Waals surface area contributed by atoms with Crippen molar-refractivity contribution in [1.82, 2.24) is 19.8 Å². The summed E-state index contributed by atoms with van der Waals surface area (Å²) in [5, 5.41) is 3.03. The molecule has 0 saturated carbocycles. The van der Waals surface area contributed by atoms with Crippen LogP contribution in [-0.2, 0) is 19.1 Å². The molecule has 1 aromatic rings. The zero-order valence-corrected chi connectivity index (χ0v) is 15.2. The summed E-state index contributed by atoms with van der Waals surface area (Å²) >= 11 is 0. The van der Waals surface area contributed by atoms with Gasteiger partial charge in [-0.25, -0.2) is 5.01 Å². The Morgan fingerprint density at radius 1 is 1.30 bits per heavy atom. The summed E-state index contributed by atoms with van der Waals surface area (Å²) in [4.78, 5) is 40.7. The summed E-state index contributed by atoms with van der Waals surface area (Å²) < 4.78 is 5.30. The zero-order chi connectivity index (χ0) is 19.4. The molecular formula is C19H22N4O4. The normalized spacial score (nSPS) is 23.2. The van der Waals surface area contributed by atoms with Crippen molar-refractivity contribution < 1.29 is 19.1 Å². The number of hydrogen-bond donors (Lipinski definition) is 0. The monoisotopic (exact) mass is 370 g/mol. The number of hydrazine groups is 1. The summed E-state index contributed by atoms with van der Waals surface area (Å²) in [6, 6.07) is 8.35. The van der Waals surface area contributed by atoms with Crippen LogP contribution in [0.5, 0.6) is 0 Å². The number of fused-ring (bicyclic) bond motifs is 1. The average molecular weight is 370 g/mol. The van der Waals surface area contributed by atoms with Gasteiger partial charge in [0.2, 0.25) is 18.2 Å². The van der Waals surface area contributed by atoms with Gasteiger partial charge in [0.25, 0.3) is 0 Å². The molecule has 1 aromatic carbocycles. The molecule has 2 atom stereocenters. The highest BCUT2D eigenvalue weighted by Crippen LogP contribution is 2.33. The maximum atomic E-state index is 13.2. The number of likely N-dealkylation sites (N-methyl/N-ethyl adjacent to an activating group) is 1. The largest absolute Gasteiger partial charge is 0.367 e. The van der Waals surface area contributed by atoms with Crippen molar-refractivity contribution in [2.45, 2.75) is 12.2 Å². The lowest BCUT2D eigenvalue weighted by molar-refractivity contribution is -0.197. The number of ether oxygens (including phenoxy) is 1. The third-order valence-corrected chi connectivity index (χ3v) is 4.79. The highest BCUT2D eigenvalue weighted by Gasteiger charge is 2.49. The van der Waals surface area contributed by atoms with Crippen molar-refractivity contribution >= 4 is 18.2 Å². The lowest BCUT2D eigenvalue weighted by atomic mass is 9.99. The van der Waals surface area contributed by atoms with Crippen molar-refractivity contribution in [2.24, 2.45) is 0 Å². The van der Waals surface area contributed by atoms with E-state index >= 15 is 0 Å². The standard InChI is InChI=1S/C19H22N4O4/c1-3-10-27-11-9-21-12-16-22(14-24)20(2)13-17(25)23(16)18(19(21)26)15-7-5-4-6-8-15/h1,4-8,14,16,18H,9-13H2,2H3/t16?,18-/m0/s1. The SMILES string of the molecule is C#CCOCCN1CC2N(C(=O)CN(C)N2C=O)[C@@H](c2ccccc2)C1=O. The lowest BCUT2D eigenvalue weighted by Crippen LogP contribution is -2.71. The molecule has 0 aliphatic carbocycles. The Morgan fingerprint density at radius 2 is 2.04 bits per heavy atom. The number of benzene rings is 1. The quantitative estimate of drug-likeness (QED) is 0.390. The summed E-state index contributed by atoms with van der Waals surface area (Å²) in [6.07, 6.45) is 5.30. The minimum Gasteiger partial charge on any atom is -0.367 e. The van der Waals surface area contributed by atoms with Gasteiger partial charge in [-0.3, -0.25) is 19.4 Å². The van der Waals surface area contributed by atoms with Crippen LogP contribution >= 0.6 is 0 Å². The van der Waals surface area contributed by atoms with Gasteiger partial charge in [0.1, 0.15) is 18.8 Å². The van der Waals surface area contributed by atoms with E-state index in [1.807, 2.05) is 30.3 Å². The van der Waals surface area contributed by atoms with Crippen molar-refractivity contribution in [3.05, 3.63) is 35.9 Å². The van der Waals surface area contributed by atoms with Crippen LogP contribution in [-0.4, -0.2) is 84.1 Å². The zero-order valence-electron chi connectivity index (χ0n) is 15.2. The van der Waals surface area contributed by atoms with E-state index in [0.717, 1.165) is 0 Å². The Morgan fingerprint density at radius 3 is 2.70 bits per heavy atom. The Bertz CT molecular complexity index is 748. The van der Waals surface area contributed by atoms with Crippen molar-refractivity contribution in [2.75, 3.05) is 39.9 Å². The van der Waals surface area contributed by atoms with Crippen LogP contribution < -0.4 is 0 Å². The highest BCUT2D eigenvalue weighted by molar-refractivity contribution is 5.91. The Labute approximate surface area is 158 Å². The van der Waals surface area contributed by atoms with Gasteiger partial charge in [0.05, 0.1) is 19.7 Å². The molecule has 1 unspecified atom stereocenters. The van der Waals surface area contributed by atoms with Crippen LogP contribution in [0.4, 0.5) is 0 Å². The van der Waals surface area contributed by atoms with Crippen LogP contribution in [0, 0.1) is 12.3 Å². The molecule has 2 aliphatic heterocycles. The number of rotatable bonds is 6. The number of piperazine rings is 1. The Balaban J connectivity index is 1.93. The van der Waals surface area contributed by atoms with E-state index in [-0.39, 0.29) is 38.1 Å². The van der Waals surface area contributed by atoms with Crippen LogP contribution in [0.2, 0.25) is 0 Å². The molecule has 8 heteroatoms. The molecule has 0 bridgehead atoms. The summed E-state index contributed by atoms with van der Waals surface area (Å²) in [5.41, 5.74) is 0.713. The fourth-order valence-corrected chi connectivity index (χ4v) is 3.54. The minimum atomic E-state index is -0.777. The predicted molar refractivity (Wildman–Crippen MR) is 96.6 cm³/mol. The average Bonchev–Trinajstić information content (AvgIpc) is 2.67. The first-order chi connectivity index (χ1) is 13.1. The fraction of sp³-hybridized carbons (Fsp3) is 0.421. The molecule has 0 spiro atoms. The number of amides is 3. The van der Waals surface area contributed by atoms with Gasteiger partial charge in [-0.15, -0.1) is 6.42 Å². The van der Waals surface area contributed by atoms with Crippen molar-refractivity contribution in [3.8, 4) is 12.3 Å². The molecule has 0 N–H and O–H groups in total. The molecule has 0 aromatic heterocycles. The molecule has 2 aliphatic rings. The summed E-state index contributed by atoms with van der Waals surface area (Å²) in [5.74, 6) is 2.01. The lowest BCUT2D eigenvalue weighted by Gasteiger charge is -2.53. The maximum Gasteiger partial charge on any atom is 0.250 e. The fourth-order valence-electron chi connectivity index (χ4n) is 3.54. The molecule has 2 saturated heterocycles. The third-order valence-electron chi connectivity index (χ3n) is 4.79. The third kappa shape index (κ3) is 3.65. The van der Waals surface area contributed by atoms with E-state index in [9.17, 15) is 14.4 Å². The molecule has 3 rings (SSSR count). The molecular weight excluding hydrogens is 348 g/mol. The molecule has 8 nitrogen and oxygen atoms in total. The van der Waals surface area contributed by atoms with Gasteiger partial charge in [0, 0.05) is 13.6 Å². The van der Waals surface area contributed by atoms with Gasteiger partial charge in [0.15, 0.2) is 0 Å². The Kier molecular flexibility index (Phi) is 5.74. The van der Waals surface area contributed by atoms with Crippen molar-refractivity contribution in [1.29, 1.82) is 0 Å². The first kappa shape index (κ1) is 18.9. The van der Waals surface area contributed by atoms with Gasteiger partial charge >= 0.3 is 0 Å². The van der Waals surface area contributed by atoms with Crippen LogP contribution in [0.25, 0.3) is 0 Å². The van der Waals surface area contributed by atoms with E-state index in [2.05, 4.69) is 5.92 Å². The van der Waals surface area contributed by atoms with E-state index in [1.54, 1.807) is 17.0 Å². The topological polar surface area (TPSA) is 73.4 Å². The first-order valence-electron chi connectivity index (χ1n) is 8.69. The second-order valence-electron chi connectivity index (χ2n) is 6.44. The molecule has 3 amide bonds. The van der Waals surface area contributed by atoms with Crippen LogP contribution in [0.3, 0.4) is 0 Å². The van der Waals surface area contributed by atoms with Gasteiger partial charge in [-0.1, -0.05) is 36.3 Å². The summed E-state index contributed by atoms with van der Waals surface area (Å²) in [7, 11) is 1.68. The van der Waals surface area contributed by atoms with Gasteiger partial charge < -0.3 is 14.5 Å². The van der Waals surface area contributed by atoms with Gasteiger partial charge in [-0.2, -0.15) is 0 Å². The maximum absolute atomic E-state index is 13.2. The van der Waals surface area contributed by atoms with E-state index in [4.69, 9.17) is 11.2 Å². The number of hydrogen-bond acceptors (Lipinski definition) is 5. The van der Waals surface area contributed by atoms with Gasteiger partial charge in [-0.05, 0) is 5.56 Å². The minimum absolute atomic E-state index is 0.0388. The molecule has 2 heterocycles. The number of terminal acetylenes is 1. The second kappa shape index (κ2) is 8.20. The van der Waals surface area contributed by atoms with E-state index in [1.165, 1.54) is 9.91 Å². The number of carbonyl (C=O) groups excluding carboxylic acids is 3. The molecule has 2 fully saturated rings. The van der Waals surface area contributed by atoms with Crippen LogP contribution in [0.1, 0.15) is 11.6 Å². The summed E-state index contributed by atoms with van der Waals surface area (Å²) in [6.45, 7) is 1.04. The smallest absolute Gasteiger partial charge is 0.250 e. The van der Waals surface area contributed by atoms with Crippen molar-refractivity contribution in [3.63, 3.8) is 0 Å². The molecule has 142 valence electrons. The predicted octanol–water partition coefficient (Wildman–Crippen LogP) is -0.307. The Hall–Kier alpha value is -2.89. The van der Waals surface area contributed by atoms with E-state index < -0.39 is 12.2 Å². The van der Waals surface area contributed by atoms with Crippen LogP contribution in [0.15, 0.2) is 30.3 Å². The number of carbonyl (C=O) groups is 3. The second-order valence-corrected chi connectivity index (χ2v) is 6.44. The highest BCUT2D eigenvalue weighted by atomic mass is 16.5.